The molecule has 29 heteroatoms. The zero-order valence-corrected chi connectivity index (χ0v) is 38.5. The van der Waals surface area contributed by atoms with Crippen molar-refractivity contribution in [3.63, 3.8) is 0 Å². The maximum absolute atomic E-state index is 14.1. The molecule has 14 N–H and O–H groups in total. The van der Waals surface area contributed by atoms with Crippen molar-refractivity contribution in [2.45, 2.75) is 109 Å². The van der Waals surface area contributed by atoms with E-state index in [0.717, 1.165) is 18.2 Å². The molecule has 5 atom stereocenters. The normalized spacial score (nSPS) is 20.2. The first-order valence-electron chi connectivity index (χ1n) is 21.5. The van der Waals surface area contributed by atoms with Crippen molar-refractivity contribution in [1.82, 2.24) is 47.1 Å². The van der Waals surface area contributed by atoms with E-state index in [-0.39, 0.29) is 51.2 Å². The first kappa shape index (κ1) is 60.7. The standard InChI is InChI=1S/C41H61N9O20/c1-22(16-34(57)58)13-31(54)48(68)10-4-7-25-38(64)44-26(8-5-11-49(69)32(55)14-23(2)17-35(59)60)39(65)45-27(9-6-12-50(70)33(56)15-24(3)18-36(61)62)40(66)47-29(21-52)41(67)46-28(20-51)37(63)42-19-30(53)43-25/h13-15,25-29,51-52,68-70H,4-12,16-21H2,1-3H3,(H,42,63)(H,43,53)(H,44,64)(H,45,65)(H,46,67)(H,47,66)(H,57,58)(H,59,60)(H,61,62)/b22-13-,23-14+,24-15?. The van der Waals surface area contributed by atoms with Crippen LogP contribution in [0.25, 0.3) is 0 Å². The number of nitrogens with zero attached hydrogens (tertiary/aromatic N) is 3. The lowest BCUT2D eigenvalue weighted by Gasteiger charge is -2.28. The number of hydroxylamine groups is 6. The topological polar surface area (TPSA) is 449 Å². The number of hydrogen-bond acceptors (Lipinski definition) is 17. The third kappa shape index (κ3) is 23.6. The van der Waals surface area contributed by atoms with Crippen LogP contribution >= 0.6 is 0 Å². The number of amides is 9. The van der Waals surface area contributed by atoms with E-state index in [9.17, 15) is 83.4 Å². The number of aliphatic hydroxyl groups is 2. The van der Waals surface area contributed by atoms with Crippen LogP contribution in [-0.4, -0.2) is 197 Å². The smallest absolute Gasteiger partial charge is 0.307 e. The summed E-state index contributed by atoms with van der Waals surface area (Å²) in [7, 11) is 0. The Morgan fingerprint density at radius 1 is 0.471 bits per heavy atom. The van der Waals surface area contributed by atoms with E-state index >= 15 is 0 Å². The molecule has 390 valence electrons. The summed E-state index contributed by atoms with van der Waals surface area (Å²) in [5.74, 6) is -13.8. The molecule has 5 unspecified atom stereocenters. The van der Waals surface area contributed by atoms with Gasteiger partial charge < -0.3 is 57.4 Å². The Bertz CT molecular complexity index is 2040. The number of aliphatic carboxylic acids is 3. The monoisotopic (exact) mass is 999 g/mol. The molecule has 1 rings (SSSR count). The van der Waals surface area contributed by atoms with Crippen molar-refractivity contribution in [3.05, 3.63) is 34.9 Å². The highest BCUT2D eigenvalue weighted by atomic mass is 16.5. The Balaban J connectivity index is 3.72. The van der Waals surface area contributed by atoms with Crippen LogP contribution in [-0.2, 0) is 57.5 Å². The number of hydrogen-bond donors (Lipinski definition) is 14. The number of carboxylic acids is 3. The lowest BCUT2D eigenvalue weighted by molar-refractivity contribution is -0.160. The molecule has 0 aromatic heterocycles. The Hall–Kier alpha value is -7.34. The summed E-state index contributed by atoms with van der Waals surface area (Å²) >= 11 is 0. The Morgan fingerprint density at radius 3 is 1.04 bits per heavy atom. The molecule has 1 saturated heterocycles. The second kappa shape index (κ2) is 30.9. The summed E-state index contributed by atoms with van der Waals surface area (Å²) in [5.41, 5.74) is 0.211. The minimum absolute atomic E-state index is 0.0649. The number of carbonyl (C=O) groups is 12. The fourth-order valence-corrected chi connectivity index (χ4v) is 6.21. The van der Waals surface area contributed by atoms with Gasteiger partial charge in [0.2, 0.25) is 35.4 Å². The van der Waals surface area contributed by atoms with E-state index in [1.54, 1.807) is 0 Å². The van der Waals surface area contributed by atoms with Crippen molar-refractivity contribution in [1.29, 1.82) is 0 Å². The predicted octanol–water partition coefficient (Wildman–Crippen LogP) is -4.22. The largest absolute Gasteiger partial charge is 0.481 e. The number of carbonyl (C=O) groups excluding carboxylic acids is 9. The quantitative estimate of drug-likeness (QED) is 0.0262. The summed E-state index contributed by atoms with van der Waals surface area (Å²) in [6.45, 7) is -0.721. The average molecular weight is 1000 g/mol. The Morgan fingerprint density at radius 2 is 0.743 bits per heavy atom. The first-order valence-corrected chi connectivity index (χ1v) is 21.5. The van der Waals surface area contributed by atoms with Gasteiger partial charge in [0.15, 0.2) is 0 Å². The van der Waals surface area contributed by atoms with Crippen LogP contribution in [0, 0.1) is 0 Å². The summed E-state index contributed by atoms with van der Waals surface area (Å²) in [5, 5.41) is 91.9. The van der Waals surface area contributed by atoms with Crippen LogP contribution in [0.2, 0.25) is 0 Å². The summed E-state index contributed by atoms with van der Waals surface area (Å²) in [4.78, 5) is 152. The average Bonchev–Trinajstić information content (AvgIpc) is 3.26. The van der Waals surface area contributed by atoms with E-state index in [1.807, 2.05) is 0 Å². The fourth-order valence-electron chi connectivity index (χ4n) is 6.21. The van der Waals surface area contributed by atoms with Gasteiger partial charge in [0, 0.05) is 37.9 Å². The van der Waals surface area contributed by atoms with Crippen LogP contribution < -0.4 is 31.9 Å². The second-order valence-electron chi connectivity index (χ2n) is 15.9. The van der Waals surface area contributed by atoms with Crippen LogP contribution in [0.1, 0.15) is 78.6 Å². The van der Waals surface area contributed by atoms with Gasteiger partial charge in [0.25, 0.3) is 17.7 Å². The predicted molar refractivity (Wildman–Crippen MR) is 233 cm³/mol. The fraction of sp³-hybridized carbons (Fsp3) is 0.561. The van der Waals surface area contributed by atoms with Gasteiger partial charge in [-0.15, -0.1) is 0 Å². The molecule has 0 aromatic rings. The van der Waals surface area contributed by atoms with Gasteiger partial charge in [-0.25, -0.2) is 15.2 Å². The van der Waals surface area contributed by atoms with E-state index in [0.29, 0.717) is 0 Å². The third-order valence-electron chi connectivity index (χ3n) is 9.72. The van der Waals surface area contributed by atoms with Gasteiger partial charge in [-0.05, 0) is 59.3 Å². The molecule has 0 radical (unpaired) electrons. The van der Waals surface area contributed by atoms with Gasteiger partial charge in [0.05, 0.1) is 39.0 Å². The molecule has 0 bridgehead atoms. The van der Waals surface area contributed by atoms with Crippen molar-refractivity contribution >= 4 is 71.1 Å². The van der Waals surface area contributed by atoms with Crippen molar-refractivity contribution in [2.24, 2.45) is 0 Å². The van der Waals surface area contributed by atoms with E-state index in [1.165, 1.54) is 20.8 Å². The molecule has 29 nitrogen and oxygen atoms in total. The highest BCUT2D eigenvalue weighted by molar-refractivity contribution is 5.98. The van der Waals surface area contributed by atoms with Crippen molar-refractivity contribution in [3.8, 4) is 0 Å². The Kier molecular flexibility index (Phi) is 26.8. The highest BCUT2D eigenvalue weighted by Crippen LogP contribution is 2.10. The second-order valence-corrected chi connectivity index (χ2v) is 15.9. The maximum atomic E-state index is 14.1. The molecule has 0 aliphatic carbocycles. The molecule has 9 amide bonds. The molecule has 0 saturated carbocycles. The summed E-state index contributed by atoms with van der Waals surface area (Å²) < 4.78 is 0. The Labute approximate surface area is 399 Å². The minimum Gasteiger partial charge on any atom is -0.481 e. The van der Waals surface area contributed by atoms with Crippen LogP contribution in [0.4, 0.5) is 0 Å². The molecular weight excluding hydrogens is 938 g/mol. The van der Waals surface area contributed by atoms with E-state index in [2.05, 4.69) is 31.9 Å². The SMILES string of the molecule is CC(=CC(=O)N(O)CCCC1NC(=O)C(CCCN(O)C(=O)/C=C(\C)CC(=O)O)NC(=O)C(CCCN(O)C(=O)/C=C(/C)CC(=O)O)NC(=O)CNC(=O)C(CO)NC(=O)C(CO)NC1=O)CC(=O)O. The van der Waals surface area contributed by atoms with Gasteiger partial charge in [-0.3, -0.25) is 73.2 Å². The van der Waals surface area contributed by atoms with Gasteiger partial charge in [0.1, 0.15) is 30.2 Å². The molecule has 1 heterocycles. The molecule has 1 aliphatic rings. The third-order valence-corrected chi connectivity index (χ3v) is 9.72. The molecule has 0 aromatic carbocycles. The van der Waals surface area contributed by atoms with E-state index < -0.39 is 179 Å². The van der Waals surface area contributed by atoms with Crippen LogP contribution in [0.3, 0.4) is 0 Å². The minimum atomic E-state index is -1.86. The van der Waals surface area contributed by atoms with Gasteiger partial charge >= 0.3 is 17.9 Å². The molecule has 0 spiro atoms. The maximum Gasteiger partial charge on any atom is 0.307 e. The molecule has 70 heavy (non-hydrogen) atoms. The van der Waals surface area contributed by atoms with Crippen LogP contribution in [0.5, 0.6) is 0 Å². The number of carboxylic acid groups (broad SMARTS) is 3. The number of rotatable bonds is 23. The van der Waals surface area contributed by atoms with E-state index in [4.69, 9.17) is 15.3 Å². The molecule has 1 fully saturated rings. The highest BCUT2D eigenvalue weighted by Gasteiger charge is 2.33. The summed E-state index contributed by atoms with van der Waals surface area (Å²) in [6, 6.07) is -8.76. The molecule has 1 aliphatic heterocycles. The van der Waals surface area contributed by atoms with Crippen LogP contribution in [0.15, 0.2) is 34.9 Å². The van der Waals surface area contributed by atoms with Crippen molar-refractivity contribution in [2.75, 3.05) is 39.4 Å². The zero-order valence-electron chi connectivity index (χ0n) is 38.5. The lowest BCUT2D eigenvalue weighted by Crippen LogP contribution is -2.61. The van der Waals surface area contributed by atoms with Crippen molar-refractivity contribution < 1.29 is 98.7 Å². The summed E-state index contributed by atoms with van der Waals surface area (Å²) in [6.07, 6.45) is -1.29. The number of aliphatic hydroxyl groups excluding tert-OH is 2. The van der Waals surface area contributed by atoms with Gasteiger partial charge in [-0.1, -0.05) is 16.7 Å². The first-order chi connectivity index (χ1) is 32.8. The van der Waals surface area contributed by atoms with Gasteiger partial charge in [-0.2, -0.15) is 0 Å². The molecular formula is C41H61N9O20. The number of nitrogens with one attached hydrogen (secondary N) is 6. The lowest BCUT2D eigenvalue weighted by atomic mass is 10.0. The zero-order chi connectivity index (χ0) is 53.2.